The van der Waals surface area contributed by atoms with Crippen LogP contribution in [0.15, 0.2) is 12.2 Å². The molecule has 1 amide bonds. The number of carboxylic acid groups (broad SMARTS) is 1. The normalized spacial score (nSPS) is 14.3. The maximum atomic E-state index is 11.8. The summed E-state index contributed by atoms with van der Waals surface area (Å²) in [5.74, 6) is -1.49. The number of phosphoric acid groups is 1. The van der Waals surface area contributed by atoms with Crippen LogP contribution in [0.2, 0.25) is 0 Å². The van der Waals surface area contributed by atoms with Crippen molar-refractivity contribution in [1.29, 1.82) is 0 Å². The number of carbonyl (C=O) groups excluding carboxylic acids is 1. The van der Waals surface area contributed by atoms with Crippen molar-refractivity contribution in [1.82, 2.24) is 5.32 Å². The Morgan fingerprint density at radius 3 is 2.06 bits per heavy atom. The second-order valence-electron chi connectivity index (χ2n) is 8.23. The topological polar surface area (TPSA) is 148 Å². The lowest BCUT2D eigenvalue weighted by Crippen LogP contribution is -2.34. The molecule has 9 nitrogen and oxygen atoms in total. The largest absolute Gasteiger partial charge is 0.480 e. The van der Waals surface area contributed by atoms with Crippen molar-refractivity contribution in [2.75, 3.05) is 19.8 Å². The molecule has 0 bridgehead atoms. The molecule has 0 aliphatic heterocycles. The number of aliphatic carboxylic acids is 1. The highest BCUT2D eigenvalue weighted by Crippen LogP contribution is 2.42. The molecule has 0 spiro atoms. The fraction of sp³-hybridized carbons (Fsp3) is 0.826. The van der Waals surface area contributed by atoms with Gasteiger partial charge in [-0.3, -0.25) is 18.6 Å². The molecule has 0 aliphatic carbocycles. The van der Waals surface area contributed by atoms with Crippen LogP contribution in [0, 0.1) is 0 Å². The summed E-state index contributed by atoms with van der Waals surface area (Å²) in [5.41, 5.74) is 5.18. The van der Waals surface area contributed by atoms with E-state index in [2.05, 4.69) is 33.4 Å². The molecular formula is C23H45N2O7P. The average molecular weight is 493 g/mol. The molecule has 5 N–H and O–H groups in total. The highest BCUT2D eigenvalue weighted by Gasteiger charge is 2.24. The number of nitrogens with one attached hydrogen (secondary N) is 1. The van der Waals surface area contributed by atoms with E-state index >= 15 is 0 Å². The fourth-order valence-corrected chi connectivity index (χ4v) is 3.82. The predicted octanol–water partition coefficient (Wildman–Crippen LogP) is 4.69. The van der Waals surface area contributed by atoms with Crippen LogP contribution in [0.4, 0.5) is 0 Å². The Balaban J connectivity index is 3.50. The minimum Gasteiger partial charge on any atom is -0.480 e. The Kier molecular flexibility index (Phi) is 20.5. The summed E-state index contributed by atoms with van der Waals surface area (Å²) in [7, 11) is -4.40. The third kappa shape index (κ3) is 22.3. The van der Waals surface area contributed by atoms with Crippen LogP contribution in [-0.2, 0) is 23.2 Å². The van der Waals surface area contributed by atoms with E-state index < -0.39 is 26.4 Å². The molecule has 2 atom stereocenters. The van der Waals surface area contributed by atoms with Crippen LogP contribution in [0.5, 0.6) is 0 Å². The van der Waals surface area contributed by atoms with Crippen LogP contribution >= 0.6 is 7.82 Å². The zero-order chi connectivity index (χ0) is 24.8. The first kappa shape index (κ1) is 31.8. The fourth-order valence-electron chi connectivity index (χ4n) is 3.08. The summed E-state index contributed by atoms with van der Waals surface area (Å²) in [6.07, 6.45) is 20.6. The molecule has 0 aromatic carbocycles. The first-order chi connectivity index (χ1) is 15.8. The Hall–Kier alpha value is -1.25. The van der Waals surface area contributed by atoms with Gasteiger partial charge in [0.15, 0.2) is 0 Å². The van der Waals surface area contributed by atoms with Gasteiger partial charge in [0.2, 0.25) is 5.91 Å². The Morgan fingerprint density at radius 2 is 1.48 bits per heavy atom. The highest BCUT2D eigenvalue weighted by molar-refractivity contribution is 7.47. The summed E-state index contributed by atoms with van der Waals surface area (Å²) < 4.78 is 20.7. The summed E-state index contributed by atoms with van der Waals surface area (Å²) in [4.78, 5) is 31.7. The maximum absolute atomic E-state index is 11.8. The number of hydrogen-bond acceptors (Lipinski definition) is 6. The van der Waals surface area contributed by atoms with Crippen LogP contribution in [0.3, 0.4) is 0 Å². The number of phosphoric ester groups is 1. The molecule has 0 aromatic heterocycles. The first-order valence-corrected chi connectivity index (χ1v) is 13.8. The van der Waals surface area contributed by atoms with E-state index in [0.29, 0.717) is 6.42 Å². The summed E-state index contributed by atoms with van der Waals surface area (Å²) in [6, 6.07) is -1.42. The summed E-state index contributed by atoms with van der Waals surface area (Å²) >= 11 is 0. The van der Waals surface area contributed by atoms with E-state index in [4.69, 9.17) is 10.8 Å². The molecule has 10 heteroatoms. The van der Waals surface area contributed by atoms with Crippen molar-refractivity contribution in [3.8, 4) is 0 Å². The first-order valence-electron chi connectivity index (χ1n) is 12.3. The second-order valence-corrected chi connectivity index (χ2v) is 9.68. The van der Waals surface area contributed by atoms with Crippen molar-refractivity contribution in [2.24, 2.45) is 5.73 Å². The van der Waals surface area contributed by atoms with Gasteiger partial charge in [-0.2, -0.15) is 0 Å². The van der Waals surface area contributed by atoms with Crippen LogP contribution < -0.4 is 11.1 Å². The van der Waals surface area contributed by atoms with Gasteiger partial charge in [0.1, 0.15) is 6.04 Å². The van der Waals surface area contributed by atoms with Gasteiger partial charge >= 0.3 is 13.8 Å². The smallest absolute Gasteiger partial charge is 0.472 e. The van der Waals surface area contributed by atoms with Gasteiger partial charge in [-0.1, -0.05) is 70.4 Å². The lowest BCUT2D eigenvalue weighted by Gasteiger charge is -2.14. The van der Waals surface area contributed by atoms with E-state index in [1.165, 1.54) is 51.4 Å². The van der Waals surface area contributed by atoms with E-state index in [1.54, 1.807) is 0 Å². The molecule has 194 valence electrons. The van der Waals surface area contributed by atoms with Crippen molar-refractivity contribution in [2.45, 2.75) is 103 Å². The van der Waals surface area contributed by atoms with Crippen molar-refractivity contribution >= 4 is 19.7 Å². The minimum atomic E-state index is -4.40. The second kappa shape index (κ2) is 21.3. The van der Waals surface area contributed by atoms with Gasteiger partial charge in [0, 0.05) is 13.0 Å². The van der Waals surface area contributed by atoms with Crippen LogP contribution in [0.25, 0.3) is 0 Å². The molecule has 33 heavy (non-hydrogen) atoms. The monoisotopic (exact) mass is 492 g/mol. The van der Waals surface area contributed by atoms with Gasteiger partial charge in [-0.05, 0) is 32.1 Å². The van der Waals surface area contributed by atoms with Crippen LogP contribution in [0.1, 0.15) is 96.8 Å². The molecule has 0 aromatic rings. The van der Waals surface area contributed by atoms with E-state index in [-0.39, 0.29) is 19.1 Å². The van der Waals surface area contributed by atoms with Crippen molar-refractivity contribution < 1.29 is 33.2 Å². The molecule has 0 rings (SSSR count). The number of rotatable bonds is 23. The number of carboxylic acids is 1. The third-order valence-electron chi connectivity index (χ3n) is 5.08. The zero-order valence-electron chi connectivity index (χ0n) is 20.2. The van der Waals surface area contributed by atoms with Gasteiger partial charge in [-0.25, -0.2) is 4.57 Å². The Bertz CT molecular complexity index is 587. The molecule has 0 fully saturated rings. The standard InChI is InChI=1S/C23H45N2O7P/c1-2-3-4-5-6-7-8-9-10-11-12-13-14-15-16-17-22(26)25-18-19-31-33(29,30)32-20-21(24)23(27)28/h9-10,21H,2-8,11-20,24H2,1H3,(H,25,26)(H,27,28)(H,29,30)/b10-9-. The maximum Gasteiger partial charge on any atom is 0.472 e. The number of unbranched alkanes of at least 4 members (excludes halogenated alkanes) is 11. The van der Waals surface area contributed by atoms with Gasteiger partial charge in [0.05, 0.1) is 13.2 Å². The lowest BCUT2D eigenvalue weighted by atomic mass is 10.1. The predicted molar refractivity (Wildman–Crippen MR) is 130 cm³/mol. The molecular weight excluding hydrogens is 447 g/mol. The molecule has 0 saturated heterocycles. The molecule has 0 heterocycles. The molecule has 0 saturated carbocycles. The average Bonchev–Trinajstić information content (AvgIpc) is 2.77. The highest BCUT2D eigenvalue weighted by atomic mass is 31.2. The Morgan fingerprint density at radius 1 is 0.939 bits per heavy atom. The molecule has 0 radical (unpaired) electrons. The van der Waals surface area contributed by atoms with Gasteiger partial charge < -0.3 is 21.1 Å². The molecule has 2 unspecified atom stereocenters. The molecule has 0 aliphatic rings. The number of amides is 1. The van der Waals surface area contributed by atoms with Gasteiger partial charge in [0.25, 0.3) is 0 Å². The summed E-state index contributed by atoms with van der Waals surface area (Å²) in [5, 5.41) is 11.2. The van der Waals surface area contributed by atoms with Crippen molar-refractivity contribution in [3.63, 3.8) is 0 Å². The zero-order valence-corrected chi connectivity index (χ0v) is 21.1. The van der Waals surface area contributed by atoms with Gasteiger partial charge in [-0.15, -0.1) is 0 Å². The Labute approximate surface area is 199 Å². The number of nitrogens with two attached hydrogens (primary N) is 1. The summed E-state index contributed by atoms with van der Waals surface area (Å²) in [6.45, 7) is 1.42. The quantitative estimate of drug-likeness (QED) is 0.0912. The lowest BCUT2D eigenvalue weighted by molar-refractivity contribution is -0.139. The number of hydrogen-bond donors (Lipinski definition) is 4. The van der Waals surface area contributed by atoms with E-state index in [9.17, 15) is 19.0 Å². The van der Waals surface area contributed by atoms with E-state index in [0.717, 1.165) is 32.1 Å². The minimum absolute atomic E-state index is 0.0583. The van der Waals surface area contributed by atoms with Crippen LogP contribution in [-0.4, -0.2) is 47.7 Å². The third-order valence-corrected chi connectivity index (χ3v) is 6.06. The number of allylic oxidation sites excluding steroid dienone is 2. The SMILES string of the molecule is CCCCCCCC/C=C\CCCCCCCC(=O)NCCOP(=O)(O)OCC(N)C(=O)O. The number of carbonyl (C=O) groups is 2. The van der Waals surface area contributed by atoms with Crippen molar-refractivity contribution in [3.05, 3.63) is 12.2 Å². The van der Waals surface area contributed by atoms with E-state index in [1.807, 2.05) is 0 Å².